The molecule has 0 atom stereocenters. The molecule has 0 aliphatic carbocycles. The van der Waals surface area contributed by atoms with Gasteiger partial charge in [0.05, 0.1) is 28.8 Å². The smallest absolute Gasteiger partial charge is 0.279 e. The molecule has 2 aromatic carbocycles. The van der Waals surface area contributed by atoms with Crippen molar-refractivity contribution in [2.24, 2.45) is 5.10 Å². The van der Waals surface area contributed by atoms with E-state index in [1.165, 1.54) is 6.92 Å². The Hall–Kier alpha value is -3.86. The van der Waals surface area contributed by atoms with Gasteiger partial charge in [-0.3, -0.25) is 29.8 Å². The minimum atomic E-state index is -0.800. The van der Waals surface area contributed by atoms with Crippen LogP contribution in [0.3, 0.4) is 0 Å². The van der Waals surface area contributed by atoms with Crippen molar-refractivity contribution in [2.45, 2.75) is 19.8 Å². The first-order chi connectivity index (χ1) is 14.2. The van der Waals surface area contributed by atoms with Crippen molar-refractivity contribution >= 4 is 46.2 Å². The van der Waals surface area contributed by atoms with E-state index in [0.29, 0.717) is 16.4 Å². The van der Waals surface area contributed by atoms with Crippen molar-refractivity contribution in [3.8, 4) is 0 Å². The predicted molar refractivity (Wildman–Crippen MR) is 109 cm³/mol. The molecule has 0 aromatic heterocycles. The maximum absolute atomic E-state index is 12.0. The fourth-order valence-electron chi connectivity index (χ4n) is 2.37. The number of amides is 2. The Morgan fingerprint density at radius 2 is 1.70 bits per heavy atom. The van der Waals surface area contributed by atoms with E-state index in [1.54, 1.807) is 24.3 Å². The van der Waals surface area contributed by atoms with Gasteiger partial charge < -0.3 is 5.32 Å². The zero-order valence-electron chi connectivity index (χ0n) is 15.6. The van der Waals surface area contributed by atoms with Crippen LogP contribution in [0.5, 0.6) is 0 Å². The fourth-order valence-corrected chi connectivity index (χ4v) is 2.49. The summed E-state index contributed by atoms with van der Waals surface area (Å²) in [6.45, 7) is 1.52. The van der Waals surface area contributed by atoms with Gasteiger partial charge in [0.25, 0.3) is 11.4 Å². The highest BCUT2D eigenvalue weighted by Gasteiger charge is 2.21. The highest BCUT2D eigenvalue weighted by atomic mass is 35.5. The van der Waals surface area contributed by atoms with Gasteiger partial charge in [0, 0.05) is 28.1 Å². The molecule has 2 rings (SSSR count). The number of hydrazone groups is 1. The topological polar surface area (TPSA) is 157 Å². The Balaban J connectivity index is 1.95. The highest BCUT2D eigenvalue weighted by Crippen LogP contribution is 2.25. The number of benzene rings is 2. The van der Waals surface area contributed by atoms with E-state index >= 15 is 0 Å². The van der Waals surface area contributed by atoms with E-state index in [2.05, 4.69) is 15.8 Å². The van der Waals surface area contributed by atoms with E-state index in [4.69, 9.17) is 11.6 Å². The Labute approximate surface area is 175 Å². The number of hydrogen-bond acceptors (Lipinski definition) is 7. The Morgan fingerprint density at radius 1 is 1.03 bits per heavy atom. The highest BCUT2D eigenvalue weighted by molar-refractivity contribution is 6.30. The van der Waals surface area contributed by atoms with E-state index in [0.717, 1.165) is 18.2 Å². The van der Waals surface area contributed by atoms with Gasteiger partial charge in [0.15, 0.2) is 0 Å². The average molecular weight is 434 g/mol. The summed E-state index contributed by atoms with van der Waals surface area (Å²) in [5, 5.41) is 28.8. The first kappa shape index (κ1) is 22.4. The van der Waals surface area contributed by atoms with Gasteiger partial charge >= 0.3 is 0 Å². The Kier molecular flexibility index (Phi) is 7.53. The predicted octanol–water partition coefficient (Wildman–Crippen LogP) is 3.22. The molecule has 2 aromatic rings. The number of nitrogens with zero attached hydrogens (tertiary/aromatic N) is 3. The SMILES string of the molecule is CC(CC(=O)Nc1ccc(Cl)cc1)=NNC(=O)Cc1ccc([N+](=O)[O-])cc1[N+](=O)[O-]. The van der Waals surface area contributed by atoms with Crippen molar-refractivity contribution in [1.29, 1.82) is 0 Å². The molecule has 0 aliphatic heterocycles. The molecule has 0 saturated heterocycles. The molecule has 0 radical (unpaired) electrons. The molecular weight excluding hydrogens is 418 g/mol. The lowest BCUT2D eigenvalue weighted by molar-refractivity contribution is -0.394. The zero-order chi connectivity index (χ0) is 22.3. The molecule has 0 unspecified atom stereocenters. The molecule has 2 N–H and O–H groups in total. The quantitative estimate of drug-likeness (QED) is 0.369. The van der Waals surface area contributed by atoms with Crippen molar-refractivity contribution in [1.82, 2.24) is 5.43 Å². The lowest BCUT2D eigenvalue weighted by Crippen LogP contribution is -2.23. The van der Waals surface area contributed by atoms with Crippen molar-refractivity contribution in [3.05, 3.63) is 73.3 Å². The maximum Gasteiger partial charge on any atom is 0.279 e. The minimum absolute atomic E-state index is 0.00330. The summed E-state index contributed by atoms with van der Waals surface area (Å²) in [5.41, 5.74) is 2.06. The van der Waals surface area contributed by atoms with Crippen molar-refractivity contribution in [2.75, 3.05) is 5.32 Å². The van der Waals surface area contributed by atoms with Crippen molar-refractivity contribution in [3.63, 3.8) is 0 Å². The second-order valence-corrected chi connectivity index (χ2v) is 6.55. The first-order valence-corrected chi connectivity index (χ1v) is 8.82. The van der Waals surface area contributed by atoms with Crippen LogP contribution >= 0.6 is 11.6 Å². The lowest BCUT2D eigenvalue weighted by Gasteiger charge is -2.06. The van der Waals surface area contributed by atoms with Crippen LogP contribution in [0.4, 0.5) is 17.1 Å². The van der Waals surface area contributed by atoms with E-state index in [1.807, 2.05) is 0 Å². The van der Waals surface area contributed by atoms with Crippen LogP contribution in [0.1, 0.15) is 18.9 Å². The Bertz CT molecular complexity index is 1020. The summed E-state index contributed by atoms with van der Waals surface area (Å²) >= 11 is 5.77. The van der Waals surface area contributed by atoms with Crippen LogP contribution in [0.15, 0.2) is 47.6 Å². The molecule has 0 fully saturated rings. The number of carbonyl (C=O) groups is 2. The normalized spacial score (nSPS) is 10.9. The minimum Gasteiger partial charge on any atom is -0.326 e. The van der Waals surface area contributed by atoms with Gasteiger partial charge in [-0.2, -0.15) is 5.10 Å². The van der Waals surface area contributed by atoms with Gasteiger partial charge in [-0.15, -0.1) is 0 Å². The van der Waals surface area contributed by atoms with Crippen molar-refractivity contribution < 1.29 is 19.4 Å². The lowest BCUT2D eigenvalue weighted by atomic mass is 10.1. The standard InChI is InChI=1S/C18H16ClN5O6/c1-11(8-17(25)20-14-5-3-13(19)4-6-14)21-22-18(26)9-12-2-7-15(23(27)28)10-16(12)24(29)30/h2-7,10H,8-9H2,1H3,(H,20,25)(H,22,26). The molecule has 0 bridgehead atoms. The third-order valence-corrected chi connectivity index (χ3v) is 4.00. The molecule has 0 heterocycles. The zero-order valence-corrected chi connectivity index (χ0v) is 16.4. The first-order valence-electron chi connectivity index (χ1n) is 8.45. The number of rotatable bonds is 8. The number of halogens is 1. The molecule has 11 nitrogen and oxygen atoms in total. The van der Waals surface area contributed by atoms with Gasteiger partial charge in [-0.25, -0.2) is 5.43 Å². The summed E-state index contributed by atoms with van der Waals surface area (Å²) in [4.78, 5) is 44.3. The molecule has 30 heavy (non-hydrogen) atoms. The summed E-state index contributed by atoms with van der Waals surface area (Å²) in [6.07, 6.45) is -0.511. The monoisotopic (exact) mass is 433 g/mol. The van der Waals surface area contributed by atoms with Gasteiger partial charge in [-0.05, 0) is 37.3 Å². The molecule has 2 amide bonds. The van der Waals surface area contributed by atoms with E-state index in [9.17, 15) is 29.8 Å². The van der Waals surface area contributed by atoms with Crippen LogP contribution in [0, 0.1) is 20.2 Å². The number of anilines is 1. The van der Waals surface area contributed by atoms with Crippen LogP contribution in [-0.4, -0.2) is 27.4 Å². The van der Waals surface area contributed by atoms with Gasteiger partial charge in [0.1, 0.15) is 0 Å². The summed E-state index contributed by atoms with van der Waals surface area (Å²) in [5.74, 6) is -1.04. The molecular formula is C18H16ClN5O6. The summed E-state index contributed by atoms with van der Waals surface area (Å²) in [6, 6.07) is 9.51. The molecule has 0 spiro atoms. The molecule has 12 heteroatoms. The second kappa shape index (κ2) is 10.1. The van der Waals surface area contributed by atoms with Crippen LogP contribution in [0.25, 0.3) is 0 Å². The van der Waals surface area contributed by atoms with Gasteiger partial charge in [-0.1, -0.05) is 11.6 Å². The number of nitrogens with one attached hydrogen (secondary N) is 2. The van der Waals surface area contributed by atoms with Crippen LogP contribution in [-0.2, 0) is 16.0 Å². The third-order valence-electron chi connectivity index (χ3n) is 3.74. The van der Waals surface area contributed by atoms with E-state index in [-0.39, 0.29) is 17.9 Å². The number of nitro benzene ring substituents is 2. The molecule has 0 saturated carbocycles. The largest absolute Gasteiger partial charge is 0.326 e. The fraction of sp³-hybridized carbons (Fsp3) is 0.167. The van der Waals surface area contributed by atoms with Crippen LogP contribution in [0.2, 0.25) is 5.02 Å². The van der Waals surface area contributed by atoms with E-state index < -0.39 is 33.5 Å². The summed E-state index contributed by atoms with van der Waals surface area (Å²) in [7, 11) is 0. The third kappa shape index (κ3) is 6.63. The molecule has 0 aliphatic rings. The van der Waals surface area contributed by atoms with Gasteiger partial charge in [0.2, 0.25) is 11.8 Å². The number of hydrogen-bond donors (Lipinski definition) is 2. The number of carbonyl (C=O) groups excluding carboxylic acids is 2. The number of nitro groups is 2. The maximum atomic E-state index is 12.0. The Morgan fingerprint density at radius 3 is 2.30 bits per heavy atom. The summed E-state index contributed by atoms with van der Waals surface area (Å²) < 4.78 is 0. The number of non-ortho nitro benzene ring substituents is 1. The molecule has 156 valence electrons. The van der Waals surface area contributed by atoms with Crippen LogP contribution < -0.4 is 10.7 Å². The average Bonchev–Trinajstić information content (AvgIpc) is 2.68. The second-order valence-electron chi connectivity index (χ2n) is 6.12.